The zero-order valence-corrected chi connectivity index (χ0v) is 15.8. The van der Waals surface area contributed by atoms with E-state index in [2.05, 4.69) is 5.32 Å². The third-order valence-corrected chi connectivity index (χ3v) is 5.90. The van der Waals surface area contributed by atoms with Crippen LogP contribution in [0.4, 0.5) is 0 Å². The Morgan fingerprint density at radius 2 is 2.00 bits per heavy atom. The van der Waals surface area contributed by atoms with Crippen LogP contribution in [0.15, 0.2) is 23.1 Å². The van der Waals surface area contributed by atoms with Crippen LogP contribution < -0.4 is 10.1 Å². The van der Waals surface area contributed by atoms with Crippen molar-refractivity contribution in [2.75, 3.05) is 33.4 Å². The number of methoxy groups -OCH3 is 1. The van der Waals surface area contributed by atoms with Crippen LogP contribution in [-0.2, 0) is 14.8 Å². The van der Waals surface area contributed by atoms with Crippen molar-refractivity contribution >= 4 is 15.9 Å². The molecule has 1 aliphatic rings. The zero-order chi connectivity index (χ0) is 18.4. The molecule has 140 valence electrons. The van der Waals surface area contributed by atoms with E-state index in [1.165, 1.54) is 10.4 Å². The van der Waals surface area contributed by atoms with Gasteiger partial charge in [0.25, 0.3) is 5.91 Å². The summed E-state index contributed by atoms with van der Waals surface area (Å²) in [5.41, 5.74) is 0.282. The molecule has 2 rings (SSSR count). The van der Waals surface area contributed by atoms with Crippen LogP contribution in [0.2, 0.25) is 0 Å². The van der Waals surface area contributed by atoms with Gasteiger partial charge in [-0.1, -0.05) is 0 Å². The molecule has 1 aromatic carbocycles. The molecule has 1 heterocycles. The van der Waals surface area contributed by atoms with E-state index in [0.717, 1.165) is 12.8 Å². The number of hydrogen-bond acceptors (Lipinski definition) is 5. The number of hydrogen-bond donors (Lipinski definition) is 1. The van der Waals surface area contributed by atoms with E-state index in [0.29, 0.717) is 26.3 Å². The number of nitrogens with one attached hydrogen (secondary N) is 1. The fourth-order valence-electron chi connectivity index (χ4n) is 2.79. The predicted octanol–water partition coefficient (Wildman–Crippen LogP) is 1.63. The van der Waals surface area contributed by atoms with Crippen LogP contribution in [0, 0.1) is 0 Å². The smallest absolute Gasteiger partial charge is 0.251 e. The van der Waals surface area contributed by atoms with E-state index >= 15 is 0 Å². The van der Waals surface area contributed by atoms with Gasteiger partial charge in [0.15, 0.2) is 0 Å². The molecule has 1 N–H and O–H groups in total. The van der Waals surface area contributed by atoms with Gasteiger partial charge in [0.1, 0.15) is 10.6 Å². The number of rotatable bonds is 8. The topological polar surface area (TPSA) is 84.9 Å². The Morgan fingerprint density at radius 1 is 1.32 bits per heavy atom. The maximum atomic E-state index is 12.9. The minimum absolute atomic E-state index is 0.0447. The molecule has 1 aromatic rings. The lowest BCUT2D eigenvalue weighted by atomic mass is 10.2. The van der Waals surface area contributed by atoms with Crippen LogP contribution in [0.5, 0.6) is 5.75 Å². The van der Waals surface area contributed by atoms with Crippen LogP contribution >= 0.6 is 0 Å². The van der Waals surface area contributed by atoms with Gasteiger partial charge in [0.2, 0.25) is 10.0 Å². The summed E-state index contributed by atoms with van der Waals surface area (Å²) in [4.78, 5) is 12.4. The molecule has 0 saturated carbocycles. The van der Waals surface area contributed by atoms with Gasteiger partial charge in [-0.05, 0) is 44.9 Å². The summed E-state index contributed by atoms with van der Waals surface area (Å²) in [5, 5.41) is 2.78. The van der Waals surface area contributed by atoms with Gasteiger partial charge in [-0.2, -0.15) is 4.31 Å². The van der Waals surface area contributed by atoms with Crippen molar-refractivity contribution < 1.29 is 22.7 Å². The Bertz CT molecular complexity index is 699. The molecular weight excluding hydrogens is 344 g/mol. The third kappa shape index (κ3) is 4.71. The normalized spacial score (nSPS) is 16.6. The highest BCUT2D eigenvalue weighted by Crippen LogP contribution is 2.30. The number of sulfonamides is 1. The average molecular weight is 370 g/mol. The van der Waals surface area contributed by atoms with Crippen LogP contribution in [0.1, 0.15) is 37.0 Å². The lowest BCUT2D eigenvalue weighted by Crippen LogP contribution is -2.35. The monoisotopic (exact) mass is 370 g/mol. The van der Waals surface area contributed by atoms with Gasteiger partial charge in [0.05, 0.1) is 13.2 Å². The number of carbonyl (C=O) groups excluding carboxylic acids is 1. The van der Waals surface area contributed by atoms with Gasteiger partial charge in [-0.15, -0.1) is 0 Å². The number of carbonyl (C=O) groups is 1. The predicted molar refractivity (Wildman–Crippen MR) is 94.4 cm³/mol. The van der Waals surface area contributed by atoms with Crippen molar-refractivity contribution in [2.45, 2.75) is 37.6 Å². The molecule has 0 radical (unpaired) electrons. The second kappa shape index (κ2) is 8.64. The Kier molecular flexibility index (Phi) is 6.80. The number of benzene rings is 1. The molecule has 0 bridgehead atoms. The summed E-state index contributed by atoms with van der Waals surface area (Å²) in [6, 6.07) is 4.33. The number of nitrogens with zero attached hydrogens (tertiary/aromatic N) is 1. The SMILES string of the molecule is CCOc1ccc(C(=O)N[C@@H](C)COC)cc1S(=O)(=O)N1CCCC1. The molecule has 0 unspecified atom stereocenters. The quantitative estimate of drug-likeness (QED) is 0.752. The van der Waals surface area contributed by atoms with Crippen LogP contribution in [-0.4, -0.2) is 58.1 Å². The van der Waals surface area contributed by atoms with Crippen molar-refractivity contribution in [3.63, 3.8) is 0 Å². The van der Waals surface area contributed by atoms with Gasteiger partial charge in [-0.3, -0.25) is 4.79 Å². The van der Waals surface area contributed by atoms with E-state index in [1.54, 1.807) is 26.2 Å². The van der Waals surface area contributed by atoms with E-state index in [4.69, 9.17) is 9.47 Å². The Morgan fingerprint density at radius 3 is 2.60 bits per heavy atom. The summed E-state index contributed by atoms with van der Waals surface area (Å²) >= 11 is 0. The molecule has 1 atom stereocenters. The second-order valence-electron chi connectivity index (χ2n) is 6.04. The summed E-state index contributed by atoms with van der Waals surface area (Å²) in [7, 11) is -2.13. The first kappa shape index (κ1) is 19.7. The lowest BCUT2D eigenvalue weighted by molar-refractivity contribution is 0.0905. The molecule has 7 nitrogen and oxygen atoms in total. The molecular formula is C17H26N2O5S. The molecule has 0 aromatic heterocycles. The number of ether oxygens (including phenoxy) is 2. The minimum Gasteiger partial charge on any atom is -0.492 e. The highest BCUT2D eigenvalue weighted by atomic mass is 32.2. The highest BCUT2D eigenvalue weighted by Gasteiger charge is 2.30. The fourth-order valence-corrected chi connectivity index (χ4v) is 4.47. The van der Waals surface area contributed by atoms with E-state index < -0.39 is 10.0 Å². The average Bonchev–Trinajstić information content (AvgIpc) is 3.10. The molecule has 8 heteroatoms. The van der Waals surface area contributed by atoms with Gasteiger partial charge in [-0.25, -0.2) is 8.42 Å². The Hall–Kier alpha value is -1.64. The first-order valence-electron chi connectivity index (χ1n) is 8.47. The summed E-state index contributed by atoms with van der Waals surface area (Å²) in [6.45, 7) is 5.32. The van der Waals surface area contributed by atoms with Gasteiger partial charge >= 0.3 is 0 Å². The molecule has 0 aliphatic carbocycles. The summed E-state index contributed by atoms with van der Waals surface area (Å²) < 4.78 is 37.8. The molecule has 0 spiro atoms. The fraction of sp³-hybridized carbons (Fsp3) is 0.588. The highest BCUT2D eigenvalue weighted by molar-refractivity contribution is 7.89. The van der Waals surface area contributed by atoms with Crippen molar-refractivity contribution in [1.29, 1.82) is 0 Å². The standard InChI is InChI=1S/C17H26N2O5S/c1-4-24-15-8-7-14(17(20)18-13(2)12-23-3)11-16(15)25(21,22)19-9-5-6-10-19/h7-8,11,13H,4-6,9-10,12H2,1-3H3,(H,18,20)/t13-/m0/s1. The van der Waals surface area contributed by atoms with Crippen molar-refractivity contribution in [1.82, 2.24) is 9.62 Å². The lowest BCUT2D eigenvalue weighted by Gasteiger charge is -2.19. The zero-order valence-electron chi connectivity index (χ0n) is 14.9. The van der Waals surface area contributed by atoms with Crippen molar-refractivity contribution in [3.8, 4) is 5.75 Å². The molecule has 1 amide bonds. The van der Waals surface area contributed by atoms with Crippen LogP contribution in [0.25, 0.3) is 0 Å². The van der Waals surface area contributed by atoms with E-state index in [-0.39, 0.29) is 28.2 Å². The Labute approximate surface area is 149 Å². The largest absolute Gasteiger partial charge is 0.492 e. The van der Waals surface area contributed by atoms with Gasteiger partial charge < -0.3 is 14.8 Å². The van der Waals surface area contributed by atoms with Crippen LogP contribution in [0.3, 0.4) is 0 Å². The first-order valence-corrected chi connectivity index (χ1v) is 9.91. The molecule has 1 aliphatic heterocycles. The van der Waals surface area contributed by atoms with Crippen molar-refractivity contribution in [3.05, 3.63) is 23.8 Å². The van der Waals surface area contributed by atoms with Gasteiger partial charge in [0, 0.05) is 31.8 Å². The van der Waals surface area contributed by atoms with E-state index in [9.17, 15) is 13.2 Å². The number of amides is 1. The molecule has 1 fully saturated rings. The first-order chi connectivity index (χ1) is 11.9. The molecule has 1 saturated heterocycles. The second-order valence-corrected chi connectivity index (χ2v) is 7.94. The minimum atomic E-state index is -3.68. The summed E-state index contributed by atoms with van der Waals surface area (Å²) in [6.07, 6.45) is 1.69. The summed E-state index contributed by atoms with van der Waals surface area (Å²) in [5.74, 6) is -0.0682. The van der Waals surface area contributed by atoms with E-state index in [1.807, 2.05) is 6.92 Å². The Balaban J connectivity index is 2.34. The van der Waals surface area contributed by atoms with Crippen molar-refractivity contribution in [2.24, 2.45) is 0 Å². The third-order valence-electron chi connectivity index (χ3n) is 3.98. The maximum Gasteiger partial charge on any atom is 0.251 e. The molecule has 25 heavy (non-hydrogen) atoms. The maximum absolute atomic E-state index is 12.9.